The maximum absolute atomic E-state index is 12.6. The Bertz CT molecular complexity index is 1190. The molecule has 1 aliphatic heterocycles. The van der Waals surface area contributed by atoms with Crippen LogP contribution in [-0.2, 0) is 16.0 Å². The van der Waals surface area contributed by atoms with Gasteiger partial charge in [0.1, 0.15) is 5.82 Å². The topological polar surface area (TPSA) is 91.3 Å². The molecule has 0 spiro atoms. The van der Waals surface area contributed by atoms with Crippen molar-refractivity contribution in [3.05, 3.63) is 65.7 Å². The average Bonchev–Trinajstić information content (AvgIpc) is 2.79. The zero-order chi connectivity index (χ0) is 24.2. The number of carbonyl (C=O) groups excluding carboxylic acids is 2. The largest absolute Gasteiger partial charge is 0.366 e. The number of carbonyl (C=O) groups is 2. The van der Waals surface area contributed by atoms with Gasteiger partial charge >= 0.3 is 0 Å². The number of nitrogens with zero attached hydrogens (tertiary/aromatic N) is 5. The van der Waals surface area contributed by atoms with Crippen LogP contribution in [0.4, 0.5) is 11.5 Å². The third kappa shape index (κ3) is 5.39. The number of aryl methyl sites for hydroxylation is 2. The van der Waals surface area contributed by atoms with Gasteiger partial charge < -0.3 is 15.1 Å². The Balaban J connectivity index is 1.35. The lowest BCUT2D eigenvalue weighted by atomic mass is 10.0. The van der Waals surface area contributed by atoms with Gasteiger partial charge in [0.05, 0.1) is 24.0 Å². The van der Waals surface area contributed by atoms with E-state index in [1.807, 2.05) is 49.1 Å². The van der Waals surface area contributed by atoms with E-state index in [9.17, 15) is 9.59 Å². The minimum Gasteiger partial charge on any atom is -0.366 e. The van der Waals surface area contributed by atoms with Gasteiger partial charge in [-0.2, -0.15) is 0 Å². The van der Waals surface area contributed by atoms with Gasteiger partial charge in [0.15, 0.2) is 0 Å². The first-order chi connectivity index (χ1) is 16.3. The summed E-state index contributed by atoms with van der Waals surface area (Å²) in [5, 5.41) is 2.87. The molecule has 1 N–H and O–H groups in total. The Kier molecular flexibility index (Phi) is 6.86. The highest BCUT2D eigenvalue weighted by Crippen LogP contribution is 2.23. The Morgan fingerprint density at radius 1 is 1.06 bits per heavy atom. The summed E-state index contributed by atoms with van der Waals surface area (Å²) in [6.45, 7) is 9.83. The standard InChI is InChI=1S/C26H30N6O2/c1-17-11-21(14-29-26(17)22-7-8-27-18(2)12-22)13-25(34)30-24-6-5-23(15-28-24)31-9-10-32(20(4)33)19(3)16-31/h5-8,11-12,14-15,19H,9-10,13,16H2,1-4H3,(H,28,30,34). The lowest BCUT2D eigenvalue weighted by Crippen LogP contribution is -2.53. The quantitative estimate of drug-likeness (QED) is 0.630. The predicted molar refractivity (Wildman–Crippen MR) is 133 cm³/mol. The van der Waals surface area contributed by atoms with Crippen molar-refractivity contribution in [1.82, 2.24) is 19.9 Å². The van der Waals surface area contributed by atoms with E-state index < -0.39 is 0 Å². The first-order valence-corrected chi connectivity index (χ1v) is 11.5. The van der Waals surface area contributed by atoms with Crippen molar-refractivity contribution in [1.29, 1.82) is 0 Å². The Labute approximate surface area is 200 Å². The van der Waals surface area contributed by atoms with Crippen LogP contribution in [0.5, 0.6) is 0 Å². The summed E-state index contributed by atoms with van der Waals surface area (Å²) < 4.78 is 0. The van der Waals surface area contributed by atoms with Crippen LogP contribution < -0.4 is 10.2 Å². The summed E-state index contributed by atoms with van der Waals surface area (Å²) in [6, 6.07) is 9.85. The van der Waals surface area contributed by atoms with Gasteiger partial charge in [-0.15, -0.1) is 0 Å². The second-order valence-corrected chi connectivity index (χ2v) is 8.83. The molecule has 0 aliphatic carbocycles. The van der Waals surface area contributed by atoms with Gasteiger partial charge in [-0.25, -0.2) is 4.98 Å². The number of anilines is 2. The van der Waals surface area contributed by atoms with Crippen LogP contribution in [-0.4, -0.2) is 57.3 Å². The lowest BCUT2D eigenvalue weighted by molar-refractivity contribution is -0.131. The molecule has 0 saturated carbocycles. The third-order valence-electron chi connectivity index (χ3n) is 6.08. The molecule has 0 aromatic carbocycles. The van der Waals surface area contributed by atoms with Crippen LogP contribution in [0.1, 0.15) is 30.7 Å². The molecular formula is C26H30N6O2. The van der Waals surface area contributed by atoms with Crippen molar-refractivity contribution in [3.63, 3.8) is 0 Å². The van der Waals surface area contributed by atoms with Crippen molar-refractivity contribution in [2.24, 2.45) is 0 Å². The maximum atomic E-state index is 12.6. The van der Waals surface area contributed by atoms with Crippen LogP contribution in [0.2, 0.25) is 0 Å². The summed E-state index contributed by atoms with van der Waals surface area (Å²) >= 11 is 0. The molecule has 34 heavy (non-hydrogen) atoms. The molecule has 4 heterocycles. The SMILES string of the molecule is CC(=O)N1CCN(c2ccc(NC(=O)Cc3cnc(-c4ccnc(C)c4)c(C)c3)nc2)CC1C. The molecule has 176 valence electrons. The van der Waals surface area contributed by atoms with E-state index in [0.29, 0.717) is 12.4 Å². The zero-order valence-electron chi connectivity index (χ0n) is 20.1. The normalized spacial score (nSPS) is 15.8. The molecule has 0 bridgehead atoms. The number of hydrogen-bond acceptors (Lipinski definition) is 6. The Morgan fingerprint density at radius 2 is 1.88 bits per heavy atom. The molecule has 0 radical (unpaired) electrons. The Morgan fingerprint density at radius 3 is 2.53 bits per heavy atom. The highest BCUT2D eigenvalue weighted by molar-refractivity contribution is 5.91. The first kappa shape index (κ1) is 23.4. The molecule has 4 rings (SSSR count). The van der Waals surface area contributed by atoms with Crippen molar-refractivity contribution in [2.75, 3.05) is 29.9 Å². The van der Waals surface area contributed by atoms with Crippen molar-refractivity contribution >= 4 is 23.3 Å². The molecule has 3 aromatic rings. The van der Waals surface area contributed by atoms with E-state index in [1.165, 1.54) is 0 Å². The molecule has 8 heteroatoms. The second-order valence-electron chi connectivity index (χ2n) is 8.83. The number of hydrogen-bond donors (Lipinski definition) is 1. The van der Waals surface area contributed by atoms with E-state index in [0.717, 1.165) is 46.9 Å². The van der Waals surface area contributed by atoms with Gasteiger partial charge in [0.25, 0.3) is 0 Å². The smallest absolute Gasteiger partial charge is 0.230 e. The monoisotopic (exact) mass is 458 g/mol. The summed E-state index contributed by atoms with van der Waals surface area (Å²) in [6.07, 6.45) is 5.51. The summed E-state index contributed by atoms with van der Waals surface area (Å²) in [7, 11) is 0. The summed E-state index contributed by atoms with van der Waals surface area (Å²) in [5.41, 5.74) is 5.69. The van der Waals surface area contributed by atoms with Gasteiger partial charge in [-0.1, -0.05) is 6.07 Å². The van der Waals surface area contributed by atoms with Crippen LogP contribution in [0.15, 0.2) is 48.9 Å². The van der Waals surface area contributed by atoms with Crippen LogP contribution in [0, 0.1) is 13.8 Å². The van der Waals surface area contributed by atoms with E-state index >= 15 is 0 Å². The fourth-order valence-electron chi connectivity index (χ4n) is 4.40. The van der Waals surface area contributed by atoms with Crippen molar-refractivity contribution in [3.8, 4) is 11.3 Å². The van der Waals surface area contributed by atoms with E-state index in [2.05, 4.69) is 32.1 Å². The van der Waals surface area contributed by atoms with E-state index in [-0.39, 0.29) is 24.3 Å². The molecular weight excluding hydrogens is 428 g/mol. The predicted octanol–water partition coefficient (Wildman–Crippen LogP) is 3.39. The molecule has 1 unspecified atom stereocenters. The Hall–Kier alpha value is -3.81. The highest BCUT2D eigenvalue weighted by Gasteiger charge is 2.25. The van der Waals surface area contributed by atoms with Crippen molar-refractivity contribution in [2.45, 2.75) is 40.2 Å². The average molecular weight is 459 g/mol. The van der Waals surface area contributed by atoms with Gasteiger partial charge in [0.2, 0.25) is 11.8 Å². The molecule has 8 nitrogen and oxygen atoms in total. The third-order valence-corrected chi connectivity index (χ3v) is 6.08. The van der Waals surface area contributed by atoms with Gasteiger partial charge in [0, 0.05) is 56.3 Å². The number of aromatic nitrogens is 3. The fourth-order valence-corrected chi connectivity index (χ4v) is 4.40. The summed E-state index contributed by atoms with van der Waals surface area (Å²) in [5.74, 6) is 0.478. The lowest BCUT2D eigenvalue weighted by Gasteiger charge is -2.40. The number of amides is 2. The van der Waals surface area contributed by atoms with Gasteiger partial charge in [-0.3, -0.25) is 19.6 Å². The van der Waals surface area contributed by atoms with E-state index in [4.69, 9.17) is 0 Å². The minimum absolute atomic E-state index is 0.107. The molecule has 3 aromatic heterocycles. The van der Waals surface area contributed by atoms with E-state index in [1.54, 1.807) is 25.5 Å². The second kappa shape index (κ2) is 9.99. The van der Waals surface area contributed by atoms with Crippen LogP contribution in [0.25, 0.3) is 11.3 Å². The summed E-state index contributed by atoms with van der Waals surface area (Å²) in [4.78, 5) is 41.6. The molecule has 2 amide bonds. The van der Waals surface area contributed by atoms with Gasteiger partial charge in [-0.05, 0) is 56.2 Å². The zero-order valence-corrected chi connectivity index (χ0v) is 20.1. The molecule has 1 fully saturated rings. The molecule has 1 aliphatic rings. The molecule has 1 atom stereocenters. The first-order valence-electron chi connectivity index (χ1n) is 11.5. The van der Waals surface area contributed by atoms with Crippen LogP contribution >= 0.6 is 0 Å². The number of nitrogens with one attached hydrogen (secondary N) is 1. The number of rotatable bonds is 5. The van der Waals surface area contributed by atoms with Crippen LogP contribution in [0.3, 0.4) is 0 Å². The number of pyridine rings is 3. The number of piperazine rings is 1. The molecule has 1 saturated heterocycles. The maximum Gasteiger partial charge on any atom is 0.230 e. The fraction of sp³-hybridized carbons (Fsp3) is 0.346. The highest BCUT2D eigenvalue weighted by atomic mass is 16.2. The minimum atomic E-state index is -0.141. The van der Waals surface area contributed by atoms with Crippen molar-refractivity contribution < 1.29 is 9.59 Å².